The molecule has 3 aliphatic heterocycles. The van der Waals surface area contributed by atoms with Crippen LogP contribution >= 0.6 is 0 Å². The number of hydrogen-bond donors (Lipinski definition) is 4. The number of ether oxygens (including phenoxy) is 2. The highest BCUT2D eigenvalue weighted by Crippen LogP contribution is 2.81. The first kappa shape index (κ1) is 45.7. The van der Waals surface area contributed by atoms with Gasteiger partial charge in [0.1, 0.15) is 23.7 Å². The van der Waals surface area contributed by atoms with Gasteiger partial charge in [-0.05, 0) is 124 Å². The molecule has 5 heterocycles. The summed E-state index contributed by atoms with van der Waals surface area (Å²) >= 11 is 0. The number of carbonyl (C=O) groups excluding carboxylic acids is 4. The fourth-order valence-corrected chi connectivity index (χ4v) is 13.9. The second-order valence-corrected chi connectivity index (χ2v) is 22.0. The van der Waals surface area contributed by atoms with E-state index in [-0.39, 0.29) is 53.2 Å². The zero-order chi connectivity index (χ0) is 49.0. The normalized spacial score (nSPS) is 27.3. The van der Waals surface area contributed by atoms with E-state index >= 15 is 0 Å². The summed E-state index contributed by atoms with van der Waals surface area (Å²) < 4.78 is 9.79. The lowest BCUT2D eigenvalue weighted by molar-refractivity contribution is -0.137. The summed E-state index contributed by atoms with van der Waals surface area (Å²) in [7, 11) is 2.66. The number of piperidine rings is 2. The molecule has 3 aromatic carbocycles. The molecular weight excluding hydrogens is 893 g/mol. The Morgan fingerprint density at radius 2 is 1.20 bits per heavy atom. The second kappa shape index (κ2) is 17.4. The Morgan fingerprint density at radius 3 is 1.77 bits per heavy atom. The smallest absolute Gasteiger partial charge is 0.407 e. The van der Waals surface area contributed by atoms with Gasteiger partial charge in [0.15, 0.2) is 0 Å². The summed E-state index contributed by atoms with van der Waals surface area (Å²) in [5, 5.41) is 5.66. The van der Waals surface area contributed by atoms with Gasteiger partial charge < -0.3 is 39.9 Å². The molecule has 0 radical (unpaired) electrons. The van der Waals surface area contributed by atoms with Crippen LogP contribution in [0, 0.1) is 35.5 Å². The number of nitrogens with zero attached hydrogens (tertiary/aromatic N) is 4. The second-order valence-electron chi connectivity index (χ2n) is 22.0. The van der Waals surface area contributed by atoms with E-state index in [1.54, 1.807) is 0 Å². The molecule has 4 N–H and O–H groups in total. The van der Waals surface area contributed by atoms with Crippen LogP contribution in [0.25, 0.3) is 44.8 Å². The van der Waals surface area contributed by atoms with Crippen molar-refractivity contribution in [1.82, 2.24) is 40.4 Å². The van der Waals surface area contributed by atoms with E-state index in [4.69, 9.17) is 19.4 Å². The quantitative estimate of drug-likeness (QED) is 0.0851. The number of nitrogens with one attached hydrogen (secondary N) is 4. The lowest BCUT2D eigenvalue weighted by Gasteiger charge is -2.32. The highest BCUT2D eigenvalue weighted by atomic mass is 16.5. The van der Waals surface area contributed by atoms with Crippen LogP contribution in [0.2, 0.25) is 0 Å². The number of hydrogen-bond acceptors (Lipinski definition) is 8. The SMILES string of the molecule is CCC(C)[C@H](NC(=O)OC)C(=O)N1C2C3C([C@H]32)[C@H]1c1ncc(-c2ccc(-c3ccc(-c4ccc(-c5cnc([C@@H]6CC7CC7N6C(=O)[C@@H](NC(=O)OC)C(C)CC)[nH]5)cc4)c4c3C3(CCCC3)CC4)cc2)[nH]1. The topological polar surface area (TPSA) is 175 Å². The minimum atomic E-state index is -0.659. The van der Waals surface area contributed by atoms with E-state index < -0.39 is 24.3 Å². The number of alkyl carbamates (subject to hydrolysis) is 2. The Hall–Kier alpha value is -6.44. The van der Waals surface area contributed by atoms with Crippen LogP contribution in [0.1, 0.15) is 120 Å². The largest absolute Gasteiger partial charge is 0.453 e. The molecule has 2 bridgehead atoms. The first-order valence-electron chi connectivity index (χ1n) is 26.3. The van der Waals surface area contributed by atoms with Crippen LogP contribution in [-0.4, -0.2) is 92.1 Å². The third kappa shape index (κ3) is 7.47. The zero-order valence-electron chi connectivity index (χ0n) is 41.7. The average molecular weight is 959 g/mol. The molecular formula is C57H66N8O6. The van der Waals surface area contributed by atoms with Crippen molar-refractivity contribution in [3.05, 3.63) is 95.8 Å². The van der Waals surface area contributed by atoms with E-state index in [1.165, 1.54) is 79.7 Å². The summed E-state index contributed by atoms with van der Waals surface area (Å²) in [6.45, 7) is 8.06. The van der Waals surface area contributed by atoms with Crippen molar-refractivity contribution in [3.63, 3.8) is 0 Å². The number of carbonyl (C=O) groups is 4. The molecule has 370 valence electrons. The number of benzene rings is 3. The zero-order valence-corrected chi connectivity index (χ0v) is 41.7. The van der Waals surface area contributed by atoms with Crippen molar-refractivity contribution in [2.45, 2.75) is 134 Å². The van der Waals surface area contributed by atoms with Gasteiger partial charge in [0, 0.05) is 12.1 Å². The first-order chi connectivity index (χ1) is 34.5. The van der Waals surface area contributed by atoms with Crippen molar-refractivity contribution in [1.29, 1.82) is 0 Å². The summed E-state index contributed by atoms with van der Waals surface area (Å²) in [6.07, 6.45) is 13.2. The van der Waals surface area contributed by atoms with Crippen molar-refractivity contribution in [2.75, 3.05) is 14.2 Å². The molecule has 5 aromatic rings. The molecule has 3 saturated heterocycles. The van der Waals surface area contributed by atoms with Gasteiger partial charge in [-0.25, -0.2) is 19.6 Å². The Bertz CT molecular complexity index is 2890. The summed E-state index contributed by atoms with van der Waals surface area (Å²) in [5.41, 5.74) is 12.2. The van der Waals surface area contributed by atoms with E-state index in [9.17, 15) is 19.2 Å². The number of fused-ring (bicyclic) bond motifs is 4. The van der Waals surface area contributed by atoms with E-state index in [0.717, 1.165) is 66.3 Å². The molecule has 14 heteroatoms. The van der Waals surface area contributed by atoms with Gasteiger partial charge in [-0.15, -0.1) is 0 Å². The van der Waals surface area contributed by atoms with E-state index in [1.807, 2.05) is 49.9 Å². The molecule has 14 nitrogen and oxygen atoms in total. The van der Waals surface area contributed by atoms with Gasteiger partial charge in [-0.1, -0.05) is 114 Å². The minimum absolute atomic E-state index is 0.0349. The lowest BCUT2D eigenvalue weighted by Crippen LogP contribution is -2.52. The van der Waals surface area contributed by atoms with Crippen LogP contribution in [0.5, 0.6) is 0 Å². The Labute approximate surface area is 415 Å². The third-order valence-electron chi connectivity index (χ3n) is 18.4. The Balaban J connectivity index is 0.778. The molecule has 13 rings (SSSR count). The number of rotatable bonds is 14. The monoisotopic (exact) mass is 959 g/mol. The molecule has 71 heavy (non-hydrogen) atoms. The molecule has 12 atom stereocenters. The van der Waals surface area contributed by atoms with Crippen LogP contribution in [0.15, 0.2) is 73.1 Å². The maximum Gasteiger partial charge on any atom is 0.407 e. The predicted octanol–water partition coefficient (Wildman–Crippen LogP) is 9.89. The van der Waals surface area contributed by atoms with Crippen LogP contribution < -0.4 is 10.6 Å². The highest BCUT2D eigenvalue weighted by molar-refractivity contribution is 5.89. The maximum atomic E-state index is 14.1. The van der Waals surface area contributed by atoms with Crippen LogP contribution in [0.3, 0.4) is 0 Å². The van der Waals surface area contributed by atoms with Crippen LogP contribution in [0.4, 0.5) is 9.59 Å². The van der Waals surface area contributed by atoms with Gasteiger partial charge in [-0.2, -0.15) is 0 Å². The molecule has 7 unspecified atom stereocenters. The van der Waals surface area contributed by atoms with Gasteiger partial charge in [0.25, 0.3) is 0 Å². The van der Waals surface area contributed by atoms with Gasteiger partial charge in [-0.3, -0.25) is 9.59 Å². The summed E-state index contributed by atoms with van der Waals surface area (Å²) in [4.78, 5) is 73.8. The number of H-pyrrole nitrogens is 2. The number of methoxy groups -OCH3 is 2. The van der Waals surface area contributed by atoms with Gasteiger partial charge >= 0.3 is 12.2 Å². The number of likely N-dealkylation sites (tertiary alicyclic amines) is 1. The van der Waals surface area contributed by atoms with E-state index in [2.05, 4.69) is 81.3 Å². The first-order valence-corrected chi connectivity index (χ1v) is 26.3. The molecule has 4 amide bonds. The van der Waals surface area contributed by atoms with Crippen molar-refractivity contribution >= 4 is 24.0 Å². The maximum absolute atomic E-state index is 14.1. The fourth-order valence-electron chi connectivity index (χ4n) is 13.9. The van der Waals surface area contributed by atoms with Crippen molar-refractivity contribution < 1.29 is 28.7 Å². The summed E-state index contributed by atoms with van der Waals surface area (Å²) in [5.74, 6) is 3.35. The Kier molecular flexibility index (Phi) is 11.2. The molecule has 1 spiro atoms. The molecule has 4 saturated carbocycles. The number of amides is 4. The van der Waals surface area contributed by atoms with Crippen molar-refractivity contribution in [2.24, 2.45) is 35.5 Å². The number of aromatic nitrogens is 4. The predicted molar refractivity (Wildman–Crippen MR) is 268 cm³/mol. The van der Waals surface area contributed by atoms with Gasteiger partial charge in [0.05, 0.1) is 50.1 Å². The van der Waals surface area contributed by atoms with Gasteiger partial charge in [0.2, 0.25) is 11.8 Å². The summed E-state index contributed by atoms with van der Waals surface area (Å²) in [6, 6.07) is 21.2. The standard InChI is InChI=1S/C57H66N8O6/c1-7-29(3)47(62-55(68)70-5)53(66)64-41-25-35(41)26-42(64)51-58-27-39(60-51)33-15-11-31(12-16-33)36-19-20-37(46-38(36)21-24-57(46)22-9-10-23-57)32-13-17-34(18-14-32)40-28-59-52(61-40)50-45-43-44(45)49(43)65(50)54(67)48(30(4)8-2)63-56(69)71-6/h11-20,27-30,35,41-45,47-50H,7-10,21-26H2,1-6H3,(H,58,60)(H,59,61)(H,62,68)(H,63,69)/t29?,30?,35?,41?,42-,43-,44?,45?,47-,48-,49?,50-/m0/s1. The lowest BCUT2D eigenvalue weighted by atomic mass is 9.76. The van der Waals surface area contributed by atoms with E-state index in [0.29, 0.717) is 23.7 Å². The number of aromatic amines is 2. The molecule has 8 aliphatic rings. The van der Waals surface area contributed by atoms with Crippen molar-refractivity contribution in [3.8, 4) is 44.8 Å². The third-order valence-corrected chi connectivity index (χ3v) is 18.4. The molecule has 5 aliphatic carbocycles. The fraction of sp³-hybridized carbons (Fsp3) is 0.509. The molecule has 7 fully saturated rings. The number of imidazole rings is 2. The highest BCUT2D eigenvalue weighted by Gasteiger charge is 2.86. The average Bonchev–Trinajstić information content (AvgIpc) is 3.96. The Morgan fingerprint density at radius 1 is 0.676 bits per heavy atom. The van der Waals surface area contributed by atoms with Crippen LogP contribution in [-0.2, 0) is 30.9 Å². The minimum Gasteiger partial charge on any atom is -0.453 e. The molecule has 2 aromatic heterocycles.